The highest BCUT2D eigenvalue weighted by Crippen LogP contribution is 2.20. The van der Waals surface area contributed by atoms with E-state index in [-0.39, 0.29) is 18.4 Å². The number of halogens is 4. The summed E-state index contributed by atoms with van der Waals surface area (Å²) in [5, 5.41) is 3.05. The summed E-state index contributed by atoms with van der Waals surface area (Å²) in [5.74, 6) is -0.828. The molecule has 0 aromatic carbocycles. The third kappa shape index (κ3) is 5.22. The zero-order valence-electron chi connectivity index (χ0n) is 8.30. The summed E-state index contributed by atoms with van der Waals surface area (Å²) in [4.78, 5) is 12.4. The van der Waals surface area contributed by atoms with Crippen LogP contribution in [0, 0.1) is 0 Å². The number of nitrogens with one attached hydrogen (secondary N) is 1. The van der Waals surface area contributed by atoms with Crippen LogP contribution < -0.4 is 5.32 Å². The van der Waals surface area contributed by atoms with Gasteiger partial charge in [-0.15, -0.1) is 12.4 Å². The maximum Gasteiger partial charge on any atom is 0.397 e. The lowest BCUT2D eigenvalue weighted by Gasteiger charge is -2.32. The smallest absolute Gasteiger partial charge is 0.340 e. The Balaban J connectivity index is 0.00000196. The lowest BCUT2D eigenvalue weighted by atomic mass is 10.2. The monoisotopic (exact) mass is 246 g/mol. The Kier molecular flexibility index (Phi) is 5.37. The normalized spacial score (nSPS) is 22.1. The van der Waals surface area contributed by atoms with Crippen molar-refractivity contribution in [1.29, 1.82) is 0 Å². The number of alkyl halides is 3. The van der Waals surface area contributed by atoms with Crippen LogP contribution in [0.5, 0.6) is 0 Å². The number of hydrogen-bond donors (Lipinski definition) is 1. The molecule has 0 saturated carbocycles. The van der Waals surface area contributed by atoms with Crippen molar-refractivity contribution in [2.24, 2.45) is 0 Å². The average molecular weight is 247 g/mol. The molecule has 1 heterocycles. The van der Waals surface area contributed by atoms with Gasteiger partial charge in [-0.3, -0.25) is 4.79 Å². The minimum absolute atomic E-state index is 0. The molecule has 1 N–H and O–H groups in total. The summed E-state index contributed by atoms with van der Waals surface area (Å²) in [5.41, 5.74) is 0. The van der Waals surface area contributed by atoms with Gasteiger partial charge in [0, 0.05) is 25.7 Å². The highest BCUT2D eigenvalue weighted by Gasteiger charge is 2.34. The number of hydrogen-bond acceptors (Lipinski definition) is 2. The fourth-order valence-corrected chi connectivity index (χ4v) is 1.44. The molecule has 0 spiro atoms. The van der Waals surface area contributed by atoms with Crippen molar-refractivity contribution in [2.75, 3.05) is 19.6 Å². The molecule has 0 radical (unpaired) electrons. The number of carbonyl (C=O) groups is 1. The van der Waals surface area contributed by atoms with Gasteiger partial charge in [0.05, 0.1) is 0 Å². The highest BCUT2D eigenvalue weighted by molar-refractivity contribution is 5.85. The first-order valence-corrected chi connectivity index (χ1v) is 4.46. The Morgan fingerprint density at radius 1 is 1.53 bits per heavy atom. The summed E-state index contributed by atoms with van der Waals surface area (Å²) >= 11 is 0. The maximum atomic E-state index is 11.9. The van der Waals surface area contributed by atoms with Crippen LogP contribution in [-0.4, -0.2) is 42.7 Å². The van der Waals surface area contributed by atoms with Crippen molar-refractivity contribution in [1.82, 2.24) is 10.2 Å². The Morgan fingerprint density at radius 3 is 2.60 bits per heavy atom. The molecule has 3 nitrogen and oxygen atoms in total. The van der Waals surface area contributed by atoms with Gasteiger partial charge in [-0.05, 0) is 6.92 Å². The van der Waals surface area contributed by atoms with Crippen molar-refractivity contribution < 1.29 is 18.0 Å². The minimum atomic E-state index is -4.40. The molecule has 1 unspecified atom stereocenters. The Morgan fingerprint density at radius 2 is 2.13 bits per heavy atom. The van der Waals surface area contributed by atoms with Crippen molar-refractivity contribution in [3.05, 3.63) is 0 Å². The van der Waals surface area contributed by atoms with E-state index in [2.05, 4.69) is 5.32 Å². The van der Waals surface area contributed by atoms with Crippen molar-refractivity contribution in [3.8, 4) is 0 Å². The predicted molar refractivity (Wildman–Crippen MR) is 52.0 cm³/mol. The second kappa shape index (κ2) is 5.55. The van der Waals surface area contributed by atoms with E-state index in [4.69, 9.17) is 0 Å². The Bertz CT molecular complexity index is 222. The maximum absolute atomic E-state index is 11.9. The van der Waals surface area contributed by atoms with E-state index in [1.165, 1.54) is 4.90 Å². The van der Waals surface area contributed by atoms with E-state index >= 15 is 0 Å². The molecule has 1 saturated heterocycles. The SMILES string of the molecule is CC1CN(C(=O)CC(F)(F)F)CCN1.Cl. The first-order valence-electron chi connectivity index (χ1n) is 4.46. The van der Waals surface area contributed by atoms with Crippen LogP contribution in [0.1, 0.15) is 13.3 Å². The molecule has 1 amide bonds. The van der Waals surface area contributed by atoms with Gasteiger partial charge >= 0.3 is 6.18 Å². The standard InChI is InChI=1S/C8H13F3N2O.ClH/c1-6-5-13(3-2-12-6)7(14)4-8(9,10)11;/h6,12H,2-5H2,1H3;1H. The molecule has 0 bridgehead atoms. The van der Waals surface area contributed by atoms with Crippen LogP contribution in [0.25, 0.3) is 0 Å². The van der Waals surface area contributed by atoms with Gasteiger partial charge in [-0.2, -0.15) is 13.2 Å². The van der Waals surface area contributed by atoms with Gasteiger partial charge in [0.25, 0.3) is 0 Å². The summed E-state index contributed by atoms with van der Waals surface area (Å²) < 4.78 is 35.7. The van der Waals surface area contributed by atoms with Crippen LogP contribution in [0.4, 0.5) is 13.2 Å². The number of carbonyl (C=O) groups excluding carboxylic acids is 1. The quantitative estimate of drug-likeness (QED) is 0.754. The van der Waals surface area contributed by atoms with Crippen LogP contribution in [0.15, 0.2) is 0 Å². The summed E-state index contributed by atoms with van der Waals surface area (Å²) in [7, 11) is 0. The number of piperazine rings is 1. The average Bonchev–Trinajstić information content (AvgIpc) is 2.01. The minimum Gasteiger partial charge on any atom is -0.340 e. The third-order valence-corrected chi connectivity index (χ3v) is 2.07. The topological polar surface area (TPSA) is 32.3 Å². The lowest BCUT2D eigenvalue weighted by molar-refractivity contribution is -0.162. The first kappa shape index (κ1) is 14.5. The second-order valence-electron chi connectivity index (χ2n) is 3.49. The van der Waals surface area contributed by atoms with Gasteiger partial charge in [0.15, 0.2) is 0 Å². The molecule has 7 heteroatoms. The zero-order chi connectivity index (χ0) is 10.8. The van der Waals surface area contributed by atoms with Crippen molar-refractivity contribution in [3.63, 3.8) is 0 Å². The van der Waals surface area contributed by atoms with E-state index in [0.717, 1.165) is 0 Å². The fourth-order valence-electron chi connectivity index (χ4n) is 1.44. The molecule has 1 aliphatic rings. The molecule has 1 atom stereocenters. The van der Waals surface area contributed by atoms with Crippen LogP contribution in [0.2, 0.25) is 0 Å². The highest BCUT2D eigenvalue weighted by atomic mass is 35.5. The Labute approximate surface area is 92.4 Å². The van der Waals surface area contributed by atoms with Crippen LogP contribution in [0.3, 0.4) is 0 Å². The molecular formula is C8H14ClF3N2O. The molecule has 0 aromatic heterocycles. The number of rotatable bonds is 1. The van der Waals surface area contributed by atoms with Crippen LogP contribution in [-0.2, 0) is 4.79 Å². The van der Waals surface area contributed by atoms with Crippen molar-refractivity contribution >= 4 is 18.3 Å². The predicted octanol–water partition coefficient (Wildman–Crippen LogP) is 1.18. The van der Waals surface area contributed by atoms with E-state index in [0.29, 0.717) is 19.6 Å². The van der Waals surface area contributed by atoms with Gasteiger partial charge in [0.1, 0.15) is 6.42 Å². The van der Waals surface area contributed by atoms with E-state index in [9.17, 15) is 18.0 Å². The summed E-state index contributed by atoms with van der Waals surface area (Å²) in [6.07, 6.45) is -5.75. The first-order chi connectivity index (χ1) is 6.38. The molecule has 0 aromatic rings. The number of nitrogens with zero attached hydrogens (tertiary/aromatic N) is 1. The van der Waals surface area contributed by atoms with Gasteiger partial charge in [0.2, 0.25) is 5.91 Å². The third-order valence-electron chi connectivity index (χ3n) is 2.07. The van der Waals surface area contributed by atoms with Gasteiger partial charge in [-0.25, -0.2) is 0 Å². The van der Waals surface area contributed by atoms with Crippen molar-refractivity contribution in [2.45, 2.75) is 25.6 Å². The summed E-state index contributed by atoms with van der Waals surface area (Å²) in [6, 6.07) is 0.0703. The fraction of sp³-hybridized carbons (Fsp3) is 0.875. The molecule has 15 heavy (non-hydrogen) atoms. The van der Waals surface area contributed by atoms with Crippen LogP contribution >= 0.6 is 12.4 Å². The van der Waals surface area contributed by atoms with Gasteiger partial charge in [-0.1, -0.05) is 0 Å². The molecule has 1 rings (SSSR count). The Hall–Kier alpha value is -0.490. The van der Waals surface area contributed by atoms with E-state index in [1.807, 2.05) is 6.92 Å². The molecular weight excluding hydrogens is 233 g/mol. The number of amides is 1. The van der Waals surface area contributed by atoms with E-state index in [1.54, 1.807) is 0 Å². The largest absolute Gasteiger partial charge is 0.397 e. The summed E-state index contributed by atoms with van der Waals surface area (Å²) in [6.45, 7) is 3.12. The zero-order valence-corrected chi connectivity index (χ0v) is 9.12. The van der Waals surface area contributed by atoms with E-state index < -0.39 is 18.5 Å². The second-order valence-corrected chi connectivity index (χ2v) is 3.49. The molecule has 1 fully saturated rings. The molecule has 0 aliphatic carbocycles. The molecule has 1 aliphatic heterocycles. The lowest BCUT2D eigenvalue weighted by Crippen LogP contribution is -2.51. The van der Waals surface area contributed by atoms with Gasteiger partial charge < -0.3 is 10.2 Å². The molecule has 90 valence electrons.